The van der Waals surface area contributed by atoms with E-state index in [1.807, 2.05) is 17.9 Å². The first-order valence-electron chi connectivity index (χ1n) is 8.95. The molecule has 0 aliphatic carbocycles. The minimum atomic E-state index is -4.38. The molecule has 1 aliphatic rings. The van der Waals surface area contributed by atoms with Crippen LogP contribution in [0.15, 0.2) is 30.5 Å². The maximum Gasteiger partial charge on any atom is 0.419 e. The molecule has 0 spiro atoms. The Hall–Kier alpha value is -2.42. The van der Waals surface area contributed by atoms with Crippen LogP contribution in [0.5, 0.6) is 0 Å². The molecule has 3 rings (SSSR count). The summed E-state index contributed by atoms with van der Waals surface area (Å²) in [6.45, 7) is 3.91. The number of carbonyl (C=O) groups excluding carboxylic acids is 2. The summed E-state index contributed by atoms with van der Waals surface area (Å²) in [5, 5.41) is 0. The molecule has 3 heterocycles. The first kappa shape index (κ1) is 20.3. The molecule has 1 fully saturated rings. The number of piperazine rings is 1. The Kier molecular flexibility index (Phi) is 6.02. The molecule has 0 atom stereocenters. The van der Waals surface area contributed by atoms with Crippen LogP contribution in [0.2, 0.25) is 0 Å². The SMILES string of the molecule is Cc1ccc(C(=O)CCC(=O)N2CCN(c3ccc(C(F)(F)F)c[nH+]3)CC2)s1. The van der Waals surface area contributed by atoms with Gasteiger partial charge in [0.05, 0.1) is 23.5 Å². The van der Waals surface area contributed by atoms with Crippen LogP contribution in [0, 0.1) is 6.92 Å². The molecule has 1 saturated heterocycles. The van der Waals surface area contributed by atoms with Crippen LogP contribution in [-0.4, -0.2) is 42.8 Å². The molecular formula is C19H21F3N3O2S+. The topological polar surface area (TPSA) is 54.8 Å². The van der Waals surface area contributed by atoms with Gasteiger partial charge in [-0.15, -0.1) is 11.3 Å². The lowest BCUT2D eigenvalue weighted by molar-refractivity contribution is -0.367. The minimum absolute atomic E-state index is 0.0237. The number of aryl methyl sites for hydroxylation is 1. The first-order chi connectivity index (χ1) is 13.2. The number of halogens is 3. The van der Waals surface area contributed by atoms with Gasteiger partial charge in [0.15, 0.2) is 5.78 Å². The number of ketones is 1. The van der Waals surface area contributed by atoms with Crippen molar-refractivity contribution in [2.75, 3.05) is 31.1 Å². The Morgan fingerprint density at radius 3 is 2.32 bits per heavy atom. The summed E-state index contributed by atoms with van der Waals surface area (Å²) >= 11 is 1.43. The van der Waals surface area contributed by atoms with Crippen molar-refractivity contribution in [2.24, 2.45) is 0 Å². The van der Waals surface area contributed by atoms with Crippen molar-refractivity contribution in [3.63, 3.8) is 0 Å². The summed E-state index contributed by atoms with van der Waals surface area (Å²) < 4.78 is 37.9. The largest absolute Gasteiger partial charge is 0.419 e. The summed E-state index contributed by atoms with van der Waals surface area (Å²) in [4.78, 5) is 32.5. The van der Waals surface area contributed by atoms with Crippen molar-refractivity contribution >= 4 is 28.8 Å². The average molecular weight is 412 g/mol. The number of rotatable bonds is 5. The molecule has 1 amide bonds. The zero-order valence-corrected chi connectivity index (χ0v) is 16.2. The van der Waals surface area contributed by atoms with Crippen LogP contribution in [0.3, 0.4) is 0 Å². The number of thiophene rings is 1. The number of anilines is 1. The number of aromatic nitrogens is 1. The van der Waals surface area contributed by atoms with Gasteiger partial charge in [-0.25, -0.2) is 4.98 Å². The van der Waals surface area contributed by atoms with E-state index in [0.717, 1.165) is 17.1 Å². The molecule has 2 aromatic rings. The number of hydrogen-bond acceptors (Lipinski definition) is 4. The zero-order chi connectivity index (χ0) is 20.3. The van der Waals surface area contributed by atoms with Gasteiger partial charge < -0.3 is 4.90 Å². The molecule has 1 aliphatic heterocycles. The van der Waals surface area contributed by atoms with E-state index in [1.54, 1.807) is 11.0 Å². The fourth-order valence-corrected chi connectivity index (χ4v) is 3.91. The van der Waals surface area contributed by atoms with Gasteiger partial charge in [0.1, 0.15) is 19.3 Å². The highest BCUT2D eigenvalue weighted by molar-refractivity contribution is 7.14. The van der Waals surface area contributed by atoms with Gasteiger partial charge in [-0.05, 0) is 25.1 Å². The number of nitrogens with zero attached hydrogens (tertiary/aromatic N) is 2. The molecule has 0 unspecified atom stereocenters. The highest BCUT2D eigenvalue weighted by atomic mass is 32.1. The summed E-state index contributed by atoms with van der Waals surface area (Å²) in [5.74, 6) is 0.491. The standard InChI is InChI=1S/C19H20F3N3O2S/c1-13-2-5-16(28-13)15(26)4-7-18(27)25-10-8-24(9-11-25)17-6-3-14(12-23-17)19(20,21)22/h2-3,5-6,12H,4,7-11H2,1H3/p+1. The molecule has 1 N–H and O–H groups in total. The van der Waals surface area contributed by atoms with Gasteiger partial charge in [-0.2, -0.15) is 13.2 Å². The maximum absolute atomic E-state index is 12.6. The molecule has 28 heavy (non-hydrogen) atoms. The predicted octanol–water partition coefficient (Wildman–Crippen LogP) is 3.20. The molecular weight excluding hydrogens is 391 g/mol. The third-order valence-corrected chi connectivity index (χ3v) is 5.72. The molecule has 0 aromatic carbocycles. The van der Waals surface area contributed by atoms with Gasteiger partial charge in [-0.3, -0.25) is 14.5 Å². The monoisotopic (exact) mass is 412 g/mol. The molecule has 2 aromatic heterocycles. The smallest absolute Gasteiger partial charge is 0.335 e. The average Bonchev–Trinajstić information content (AvgIpc) is 3.12. The summed E-state index contributed by atoms with van der Waals surface area (Å²) in [6, 6.07) is 6.12. The lowest BCUT2D eigenvalue weighted by atomic mass is 10.1. The molecule has 150 valence electrons. The Morgan fingerprint density at radius 2 is 1.79 bits per heavy atom. The Labute approximate surface area is 164 Å². The lowest BCUT2D eigenvalue weighted by Crippen LogP contribution is -2.50. The van der Waals surface area contributed by atoms with E-state index in [0.29, 0.717) is 36.9 Å². The summed E-state index contributed by atoms with van der Waals surface area (Å²) in [5.41, 5.74) is -0.726. The van der Waals surface area contributed by atoms with Gasteiger partial charge in [0, 0.05) is 23.8 Å². The van der Waals surface area contributed by atoms with Crippen molar-refractivity contribution < 1.29 is 27.7 Å². The van der Waals surface area contributed by atoms with Crippen LogP contribution < -0.4 is 9.88 Å². The highest BCUT2D eigenvalue weighted by Gasteiger charge is 2.33. The van der Waals surface area contributed by atoms with Crippen molar-refractivity contribution in [2.45, 2.75) is 25.9 Å². The normalized spacial score (nSPS) is 15.0. The van der Waals surface area contributed by atoms with Gasteiger partial charge in [0.2, 0.25) is 5.91 Å². The Bertz CT molecular complexity index is 841. The maximum atomic E-state index is 12.6. The first-order valence-corrected chi connectivity index (χ1v) is 9.77. The number of nitrogens with one attached hydrogen (secondary N) is 1. The third kappa shape index (κ3) is 4.89. The third-order valence-electron chi connectivity index (χ3n) is 4.68. The second-order valence-corrected chi connectivity index (χ2v) is 7.95. The lowest BCUT2D eigenvalue weighted by Gasteiger charge is -2.31. The fraction of sp³-hybridized carbons (Fsp3) is 0.421. The number of carbonyl (C=O) groups is 2. The van der Waals surface area contributed by atoms with E-state index in [4.69, 9.17) is 0 Å². The summed E-state index contributed by atoms with van der Waals surface area (Å²) in [7, 11) is 0. The second-order valence-electron chi connectivity index (χ2n) is 6.66. The molecule has 9 heteroatoms. The number of H-pyrrole nitrogens is 1. The van der Waals surface area contributed by atoms with Gasteiger partial charge in [-0.1, -0.05) is 0 Å². The van der Waals surface area contributed by atoms with Crippen molar-refractivity contribution in [3.05, 3.63) is 45.8 Å². The van der Waals surface area contributed by atoms with Gasteiger partial charge >= 0.3 is 6.18 Å². The highest BCUT2D eigenvalue weighted by Crippen LogP contribution is 2.28. The van der Waals surface area contributed by atoms with E-state index in [-0.39, 0.29) is 24.5 Å². The molecule has 5 nitrogen and oxygen atoms in total. The number of alkyl halides is 3. The molecule has 0 bridgehead atoms. The van der Waals surface area contributed by atoms with Crippen LogP contribution in [-0.2, 0) is 11.0 Å². The predicted molar refractivity (Wildman–Crippen MR) is 99.4 cm³/mol. The Morgan fingerprint density at radius 1 is 1.07 bits per heavy atom. The molecule has 0 saturated carbocycles. The van der Waals surface area contributed by atoms with E-state index in [1.165, 1.54) is 17.4 Å². The van der Waals surface area contributed by atoms with Crippen molar-refractivity contribution in [1.29, 1.82) is 0 Å². The zero-order valence-electron chi connectivity index (χ0n) is 15.4. The van der Waals surface area contributed by atoms with Crippen molar-refractivity contribution in [3.8, 4) is 0 Å². The summed E-state index contributed by atoms with van der Waals surface area (Å²) in [6.07, 6.45) is -3.07. The van der Waals surface area contributed by atoms with E-state index in [2.05, 4.69) is 4.98 Å². The second kappa shape index (κ2) is 8.30. The Balaban J connectivity index is 1.48. The van der Waals surface area contributed by atoms with Crippen LogP contribution in [0.25, 0.3) is 0 Å². The van der Waals surface area contributed by atoms with Crippen LogP contribution >= 0.6 is 11.3 Å². The van der Waals surface area contributed by atoms with E-state index < -0.39 is 11.7 Å². The van der Waals surface area contributed by atoms with Gasteiger partial charge in [0.25, 0.3) is 5.82 Å². The van der Waals surface area contributed by atoms with Crippen LogP contribution in [0.1, 0.15) is 33.0 Å². The number of aromatic amines is 1. The number of hydrogen-bond donors (Lipinski definition) is 0. The van der Waals surface area contributed by atoms with Crippen LogP contribution in [0.4, 0.5) is 19.0 Å². The number of Topliss-reactive ketones (excluding diaryl/α,β-unsaturated/α-hetero) is 1. The number of amides is 1. The van der Waals surface area contributed by atoms with E-state index >= 15 is 0 Å². The minimum Gasteiger partial charge on any atom is -0.335 e. The fourth-order valence-electron chi connectivity index (χ4n) is 3.07. The number of pyridine rings is 1. The van der Waals surface area contributed by atoms with E-state index in [9.17, 15) is 22.8 Å². The molecule has 0 radical (unpaired) electrons. The van der Waals surface area contributed by atoms with Crippen molar-refractivity contribution in [1.82, 2.24) is 4.90 Å². The quantitative estimate of drug-likeness (QED) is 0.709.